The van der Waals surface area contributed by atoms with Crippen molar-refractivity contribution in [3.63, 3.8) is 0 Å². The zero-order valence-electron chi connectivity index (χ0n) is 14.5. The summed E-state index contributed by atoms with van der Waals surface area (Å²) in [5, 5.41) is 0. The summed E-state index contributed by atoms with van der Waals surface area (Å²) < 4.78 is 8.44. The minimum atomic E-state index is -0.335. The van der Waals surface area contributed by atoms with E-state index in [4.69, 9.17) is 4.74 Å². The van der Waals surface area contributed by atoms with Gasteiger partial charge in [-0.1, -0.05) is 60.7 Å². The summed E-state index contributed by atoms with van der Waals surface area (Å²) in [6, 6.07) is 23.8. The lowest BCUT2D eigenvalue weighted by atomic mass is 9.99. The van der Waals surface area contributed by atoms with E-state index in [2.05, 4.69) is 29.7 Å². The predicted octanol–water partition coefficient (Wildman–Crippen LogP) is 4.08. The first-order chi connectivity index (χ1) is 12.8. The second-order valence-corrected chi connectivity index (χ2v) is 6.96. The molecule has 1 saturated heterocycles. The van der Waals surface area contributed by atoms with Gasteiger partial charge < -0.3 is 14.2 Å². The third kappa shape index (κ3) is 2.15. The van der Waals surface area contributed by atoms with Crippen molar-refractivity contribution in [1.29, 1.82) is 0 Å². The van der Waals surface area contributed by atoms with E-state index in [1.807, 2.05) is 65.7 Å². The highest BCUT2D eigenvalue weighted by Gasteiger charge is 2.50. The lowest BCUT2D eigenvalue weighted by Gasteiger charge is -2.37. The fourth-order valence-electron chi connectivity index (χ4n) is 4.26. The molecule has 0 unspecified atom stereocenters. The van der Waals surface area contributed by atoms with Crippen LogP contribution in [0.5, 0.6) is 0 Å². The molecule has 5 rings (SSSR count). The maximum Gasteiger partial charge on any atom is 0.252 e. The molecule has 1 aromatic heterocycles. The zero-order valence-corrected chi connectivity index (χ0v) is 14.5. The van der Waals surface area contributed by atoms with Gasteiger partial charge in [-0.05, 0) is 30.2 Å². The summed E-state index contributed by atoms with van der Waals surface area (Å²) in [4.78, 5) is 15.4. The molecule has 2 aliphatic rings. The van der Waals surface area contributed by atoms with Gasteiger partial charge in [-0.15, -0.1) is 0 Å². The number of hydrogen-bond acceptors (Lipinski definition) is 2. The summed E-state index contributed by atoms with van der Waals surface area (Å²) >= 11 is 0. The fourth-order valence-corrected chi connectivity index (χ4v) is 4.26. The van der Waals surface area contributed by atoms with Crippen LogP contribution in [0.15, 0.2) is 79.0 Å². The number of rotatable bonds is 2. The van der Waals surface area contributed by atoms with Crippen molar-refractivity contribution in [2.24, 2.45) is 0 Å². The first-order valence-electron chi connectivity index (χ1n) is 9.00. The molecule has 4 nitrogen and oxygen atoms in total. The first kappa shape index (κ1) is 15.4. The quantitative estimate of drug-likeness (QED) is 0.702. The maximum absolute atomic E-state index is 13.5. The van der Waals surface area contributed by atoms with E-state index in [0.29, 0.717) is 0 Å². The van der Waals surface area contributed by atoms with Crippen molar-refractivity contribution in [3.05, 3.63) is 95.8 Å². The van der Waals surface area contributed by atoms with Crippen LogP contribution in [0.1, 0.15) is 42.1 Å². The summed E-state index contributed by atoms with van der Waals surface area (Å²) in [6.07, 6.45) is 1.52. The monoisotopic (exact) mass is 344 g/mol. The number of fused-ring (bicyclic) bond motifs is 3. The molecule has 0 aliphatic carbocycles. The maximum atomic E-state index is 13.5. The van der Waals surface area contributed by atoms with Crippen LogP contribution in [0.2, 0.25) is 0 Å². The fraction of sp³-hybridized carbons (Fsp3) is 0.227. The average molecular weight is 344 g/mol. The number of carbonyl (C=O) groups is 1. The first-order valence-corrected chi connectivity index (χ1v) is 9.00. The lowest BCUT2D eigenvalue weighted by molar-refractivity contribution is -0.144. The van der Waals surface area contributed by atoms with Crippen molar-refractivity contribution >= 4 is 5.91 Å². The zero-order chi connectivity index (χ0) is 17.7. The Morgan fingerprint density at radius 1 is 0.846 bits per heavy atom. The van der Waals surface area contributed by atoms with Crippen molar-refractivity contribution in [2.45, 2.75) is 31.3 Å². The Morgan fingerprint density at radius 2 is 1.50 bits per heavy atom. The predicted molar refractivity (Wildman–Crippen MR) is 98.3 cm³/mol. The van der Waals surface area contributed by atoms with Crippen molar-refractivity contribution in [2.75, 3.05) is 0 Å². The van der Waals surface area contributed by atoms with Crippen LogP contribution in [0, 0.1) is 0 Å². The molecule has 3 heterocycles. The molecule has 0 radical (unpaired) electrons. The van der Waals surface area contributed by atoms with Gasteiger partial charge in [-0.2, -0.15) is 0 Å². The van der Waals surface area contributed by atoms with Crippen LogP contribution in [0.4, 0.5) is 0 Å². The molecule has 4 atom stereocenters. The molecule has 2 aromatic carbocycles. The smallest absolute Gasteiger partial charge is 0.252 e. The van der Waals surface area contributed by atoms with Crippen LogP contribution < -0.4 is 0 Å². The normalized spacial score (nSPS) is 27.3. The molecule has 0 N–H and O–H groups in total. The molecular formula is C22H20N2O2. The van der Waals surface area contributed by atoms with Gasteiger partial charge in [0, 0.05) is 6.20 Å². The molecule has 26 heavy (non-hydrogen) atoms. The highest BCUT2D eigenvalue weighted by Crippen LogP contribution is 2.47. The van der Waals surface area contributed by atoms with Crippen LogP contribution >= 0.6 is 0 Å². The highest BCUT2D eigenvalue weighted by molar-refractivity contribution is 5.86. The second kappa shape index (κ2) is 5.85. The summed E-state index contributed by atoms with van der Waals surface area (Å²) in [5.74, 6) is 0.0934. The molecule has 3 aromatic rings. The Balaban J connectivity index is 1.60. The van der Waals surface area contributed by atoms with E-state index >= 15 is 0 Å². The van der Waals surface area contributed by atoms with Crippen LogP contribution in [0.3, 0.4) is 0 Å². The Kier molecular flexibility index (Phi) is 3.47. The largest absolute Gasteiger partial charge is 0.342 e. The van der Waals surface area contributed by atoms with Gasteiger partial charge in [-0.25, -0.2) is 0 Å². The van der Waals surface area contributed by atoms with Gasteiger partial charge in [0.2, 0.25) is 0 Å². The Bertz CT molecular complexity index is 935. The molecule has 1 fully saturated rings. The summed E-state index contributed by atoms with van der Waals surface area (Å²) in [5.41, 5.74) is 3.14. The highest BCUT2D eigenvalue weighted by atomic mass is 16.5. The Morgan fingerprint density at radius 3 is 2.19 bits per heavy atom. The van der Waals surface area contributed by atoms with E-state index in [0.717, 1.165) is 16.8 Å². The molecule has 130 valence electrons. The standard InChI is InChI=1S/C22H20N2O2/c1-15-20(17-11-6-3-7-12-17)26-22-18-13-8-14-23(18)19(21(25)24(15)22)16-9-4-2-5-10-16/h2-15,19-20,22H,1H3/t15-,19-,20-,22+/m0/s1. The van der Waals surface area contributed by atoms with Gasteiger partial charge >= 0.3 is 0 Å². The van der Waals surface area contributed by atoms with Crippen molar-refractivity contribution in [1.82, 2.24) is 9.47 Å². The van der Waals surface area contributed by atoms with E-state index in [1.165, 1.54) is 0 Å². The molecule has 4 heteroatoms. The summed E-state index contributed by atoms with van der Waals surface area (Å²) in [6.45, 7) is 2.08. The molecule has 0 saturated carbocycles. The number of carbonyl (C=O) groups excluding carboxylic acids is 1. The number of aromatic nitrogens is 1. The topological polar surface area (TPSA) is 34.5 Å². The number of nitrogens with zero attached hydrogens (tertiary/aromatic N) is 2. The summed E-state index contributed by atoms with van der Waals surface area (Å²) in [7, 11) is 0. The number of amides is 1. The Hall–Kier alpha value is -2.85. The second-order valence-electron chi connectivity index (χ2n) is 6.96. The number of hydrogen-bond donors (Lipinski definition) is 0. The van der Waals surface area contributed by atoms with Crippen LogP contribution in [-0.2, 0) is 9.53 Å². The lowest BCUT2D eigenvalue weighted by Crippen LogP contribution is -2.46. The minimum Gasteiger partial charge on any atom is -0.342 e. The minimum absolute atomic E-state index is 0.0234. The molecule has 2 aliphatic heterocycles. The van der Waals surface area contributed by atoms with E-state index in [-0.39, 0.29) is 30.3 Å². The third-order valence-corrected chi connectivity index (χ3v) is 5.48. The van der Waals surface area contributed by atoms with Gasteiger partial charge in [0.15, 0.2) is 6.23 Å². The number of benzene rings is 2. The van der Waals surface area contributed by atoms with Crippen LogP contribution in [0.25, 0.3) is 0 Å². The van der Waals surface area contributed by atoms with Gasteiger partial charge in [0.1, 0.15) is 12.1 Å². The van der Waals surface area contributed by atoms with E-state index in [9.17, 15) is 4.79 Å². The van der Waals surface area contributed by atoms with E-state index < -0.39 is 0 Å². The Labute approximate surface area is 152 Å². The van der Waals surface area contributed by atoms with Gasteiger partial charge in [0.25, 0.3) is 5.91 Å². The molecule has 1 amide bonds. The molecule has 0 bridgehead atoms. The van der Waals surface area contributed by atoms with Crippen LogP contribution in [-0.4, -0.2) is 21.4 Å². The molecular weight excluding hydrogens is 324 g/mol. The number of ether oxygens (including phenoxy) is 1. The molecule has 0 spiro atoms. The SMILES string of the molecule is C[C@H]1[C@@H](c2ccccc2)O[C@@H]2c3cccn3[C@@H](c3ccccc3)C(=O)N21. The van der Waals surface area contributed by atoms with Crippen molar-refractivity contribution in [3.8, 4) is 0 Å². The average Bonchev–Trinajstić information content (AvgIpc) is 3.28. The van der Waals surface area contributed by atoms with Crippen molar-refractivity contribution < 1.29 is 9.53 Å². The third-order valence-electron chi connectivity index (χ3n) is 5.48. The van der Waals surface area contributed by atoms with Gasteiger partial charge in [0.05, 0.1) is 11.7 Å². The van der Waals surface area contributed by atoms with Gasteiger partial charge in [-0.3, -0.25) is 4.79 Å². The van der Waals surface area contributed by atoms with E-state index in [1.54, 1.807) is 0 Å².